The molecule has 3 aromatic rings. The van der Waals surface area contributed by atoms with E-state index in [0.717, 1.165) is 11.8 Å². The number of phenols is 1. The zero-order chi connectivity index (χ0) is 17.8. The number of aromatic nitrogens is 2. The van der Waals surface area contributed by atoms with Crippen LogP contribution in [0, 0.1) is 0 Å². The molecule has 0 unspecified atom stereocenters. The van der Waals surface area contributed by atoms with E-state index in [-0.39, 0.29) is 22.4 Å². The maximum atomic E-state index is 12.3. The SMILES string of the molecule is COc1ccc(C(=O)Sc2nnc(-c3ccccc3OC)o2)c(O)c1. The minimum absolute atomic E-state index is 0.0705. The second-order valence-corrected chi connectivity index (χ2v) is 5.77. The molecule has 1 N–H and O–H groups in total. The van der Waals surface area contributed by atoms with Gasteiger partial charge in [0.25, 0.3) is 11.1 Å². The Bertz CT molecular complexity index is 910. The quantitative estimate of drug-likeness (QED) is 0.694. The summed E-state index contributed by atoms with van der Waals surface area (Å²) in [5, 5.41) is 17.4. The molecule has 0 amide bonds. The van der Waals surface area contributed by atoms with Gasteiger partial charge in [-0.3, -0.25) is 4.79 Å². The number of benzene rings is 2. The summed E-state index contributed by atoms with van der Waals surface area (Å²) >= 11 is 0.732. The largest absolute Gasteiger partial charge is 0.507 e. The Morgan fingerprint density at radius 3 is 2.64 bits per heavy atom. The highest BCUT2D eigenvalue weighted by Gasteiger charge is 2.19. The number of carbonyl (C=O) groups excluding carboxylic acids is 1. The summed E-state index contributed by atoms with van der Waals surface area (Å²) in [6.45, 7) is 0. The molecule has 25 heavy (non-hydrogen) atoms. The topological polar surface area (TPSA) is 94.7 Å². The molecule has 0 saturated heterocycles. The van der Waals surface area contributed by atoms with Crippen molar-refractivity contribution < 1.29 is 23.8 Å². The number of aromatic hydroxyl groups is 1. The molecule has 0 atom stereocenters. The summed E-state index contributed by atoms with van der Waals surface area (Å²) in [5.74, 6) is 1.10. The fourth-order valence-corrected chi connectivity index (χ4v) is 2.77. The lowest BCUT2D eigenvalue weighted by Gasteiger charge is -2.04. The zero-order valence-electron chi connectivity index (χ0n) is 13.4. The number of ether oxygens (including phenoxy) is 2. The lowest BCUT2D eigenvalue weighted by atomic mass is 10.2. The first-order valence-electron chi connectivity index (χ1n) is 7.18. The van der Waals surface area contributed by atoms with E-state index in [1.807, 2.05) is 12.1 Å². The third-order valence-corrected chi connectivity index (χ3v) is 4.09. The monoisotopic (exact) mass is 358 g/mol. The average Bonchev–Trinajstić information content (AvgIpc) is 3.09. The predicted octanol–water partition coefficient (Wildman–Crippen LogP) is 3.39. The molecule has 0 fully saturated rings. The molecular weight excluding hydrogens is 344 g/mol. The molecule has 0 bridgehead atoms. The molecule has 2 aromatic carbocycles. The molecule has 0 aliphatic carbocycles. The molecule has 3 rings (SSSR count). The van der Waals surface area contributed by atoms with Gasteiger partial charge in [0.15, 0.2) is 0 Å². The smallest absolute Gasteiger partial charge is 0.284 e. The van der Waals surface area contributed by atoms with Crippen LogP contribution in [-0.4, -0.2) is 34.6 Å². The summed E-state index contributed by atoms with van der Waals surface area (Å²) in [7, 11) is 3.02. The molecular formula is C17H14N2O5S. The molecule has 7 nitrogen and oxygen atoms in total. The van der Waals surface area contributed by atoms with Crippen LogP contribution < -0.4 is 9.47 Å². The third kappa shape index (κ3) is 3.58. The van der Waals surface area contributed by atoms with Crippen LogP contribution in [0.4, 0.5) is 0 Å². The van der Waals surface area contributed by atoms with Crippen LogP contribution in [0.3, 0.4) is 0 Å². The van der Waals surface area contributed by atoms with Crippen molar-refractivity contribution >= 4 is 16.9 Å². The lowest BCUT2D eigenvalue weighted by molar-refractivity contribution is 0.108. The van der Waals surface area contributed by atoms with Crippen LogP contribution in [0.5, 0.6) is 17.2 Å². The van der Waals surface area contributed by atoms with Crippen LogP contribution in [0.1, 0.15) is 10.4 Å². The van der Waals surface area contributed by atoms with Gasteiger partial charge < -0.3 is 19.0 Å². The van der Waals surface area contributed by atoms with Crippen molar-refractivity contribution in [3.63, 3.8) is 0 Å². The number of phenolic OH excluding ortho intramolecular Hbond substituents is 1. The molecule has 0 aliphatic rings. The van der Waals surface area contributed by atoms with Crippen LogP contribution in [0.15, 0.2) is 52.1 Å². The van der Waals surface area contributed by atoms with Crippen molar-refractivity contribution in [2.75, 3.05) is 14.2 Å². The highest BCUT2D eigenvalue weighted by Crippen LogP contribution is 2.33. The summed E-state index contributed by atoms with van der Waals surface area (Å²) in [5.41, 5.74) is 0.756. The standard InChI is InChI=1S/C17H14N2O5S/c1-22-10-7-8-11(13(20)9-10)16(21)25-17-19-18-15(24-17)12-5-3-4-6-14(12)23-2/h3-9,20H,1-2H3. The Morgan fingerprint density at radius 1 is 1.12 bits per heavy atom. The van der Waals surface area contributed by atoms with Gasteiger partial charge in [0.1, 0.15) is 17.2 Å². The molecule has 128 valence electrons. The number of nitrogens with zero attached hydrogens (tertiary/aromatic N) is 2. The molecule has 1 heterocycles. The van der Waals surface area contributed by atoms with Gasteiger partial charge >= 0.3 is 0 Å². The summed E-state index contributed by atoms with van der Waals surface area (Å²) in [6.07, 6.45) is 0. The number of para-hydroxylation sites is 1. The van der Waals surface area contributed by atoms with Gasteiger partial charge in [-0.15, -0.1) is 10.2 Å². The number of methoxy groups -OCH3 is 2. The maximum absolute atomic E-state index is 12.3. The zero-order valence-corrected chi connectivity index (χ0v) is 14.2. The van der Waals surface area contributed by atoms with Crippen molar-refractivity contribution in [2.24, 2.45) is 0 Å². The summed E-state index contributed by atoms with van der Waals surface area (Å²) in [6, 6.07) is 11.6. The Balaban J connectivity index is 1.80. The average molecular weight is 358 g/mol. The van der Waals surface area contributed by atoms with Crippen molar-refractivity contribution in [3.05, 3.63) is 48.0 Å². The first-order valence-corrected chi connectivity index (χ1v) is 8.00. The third-order valence-electron chi connectivity index (χ3n) is 3.35. The van der Waals surface area contributed by atoms with Gasteiger partial charge in [-0.05, 0) is 24.3 Å². The number of hydrogen-bond acceptors (Lipinski definition) is 8. The summed E-state index contributed by atoms with van der Waals surface area (Å²) < 4.78 is 15.8. The maximum Gasteiger partial charge on any atom is 0.284 e. The Kier molecular flexibility index (Phi) is 4.90. The lowest BCUT2D eigenvalue weighted by Crippen LogP contribution is -1.95. The Hall–Kier alpha value is -3.00. The molecule has 0 saturated carbocycles. The first-order chi connectivity index (χ1) is 12.1. The second-order valence-electron chi connectivity index (χ2n) is 4.85. The van der Waals surface area contributed by atoms with E-state index in [0.29, 0.717) is 17.1 Å². The molecule has 0 aliphatic heterocycles. The minimum Gasteiger partial charge on any atom is -0.507 e. The van der Waals surface area contributed by atoms with E-state index >= 15 is 0 Å². The Morgan fingerprint density at radius 2 is 1.92 bits per heavy atom. The first kappa shape index (κ1) is 16.8. The van der Waals surface area contributed by atoms with Crippen LogP contribution in [0.2, 0.25) is 0 Å². The van der Waals surface area contributed by atoms with Crippen molar-refractivity contribution in [3.8, 4) is 28.7 Å². The van der Waals surface area contributed by atoms with Gasteiger partial charge in [-0.25, -0.2) is 0 Å². The van der Waals surface area contributed by atoms with Crippen molar-refractivity contribution in [2.45, 2.75) is 5.22 Å². The number of hydrogen-bond donors (Lipinski definition) is 1. The fourth-order valence-electron chi connectivity index (χ4n) is 2.13. The Labute approximate surface area is 147 Å². The van der Waals surface area contributed by atoms with Gasteiger partial charge in [-0.1, -0.05) is 12.1 Å². The highest BCUT2D eigenvalue weighted by molar-refractivity contribution is 8.14. The highest BCUT2D eigenvalue weighted by atomic mass is 32.2. The number of carbonyl (C=O) groups is 1. The van der Waals surface area contributed by atoms with Crippen LogP contribution >= 0.6 is 11.8 Å². The van der Waals surface area contributed by atoms with Gasteiger partial charge in [0.2, 0.25) is 5.12 Å². The van der Waals surface area contributed by atoms with E-state index in [1.54, 1.807) is 25.3 Å². The fraction of sp³-hybridized carbons (Fsp3) is 0.118. The van der Waals surface area contributed by atoms with Crippen molar-refractivity contribution in [1.29, 1.82) is 0 Å². The van der Waals surface area contributed by atoms with Gasteiger partial charge in [-0.2, -0.15) is 0 Å². The van der Waals surface area contributed by atoms with E-state index in [1.165, 1.54) is 19.2 Å². The van der Waals surface area contributed by atoms with Crippen molar-refractivity contribution in [1.82, 2.24) is 10.2 Å². The van der Waals surface area contributed by atoms with Crippen LogP contribution in [-0.2, 0) is 0 Å². The van der Waals surface area contributed by atoms with E-state index in [2.05, 4.69) is 10.2 Å². The predicted molar refractivity (Wildman–Crippen MR) is 91.1 cm³/mol. The molecule has 0 radical (unpaired) electrons. The summed E-state index contributed by atoms with van der Waals surface area (Å²) in [4.78, 5) is 12.3. The van der Waals surface area contributed by atoms with E-state index in [4.69, 9.17) is 13.9 Å². The molecule has 1 aromatic heterocycles. The van der Waals surface area contributed by atoms with Gasteiger partial charge in [0, 0.05) is 17.8 Å². The molecule has 8 heteroatoms. The molecule has 0 spiro atoms. The normalized spacial score (nSPS) is 10.5. The van der Waals surface area contributed by atoms with Crippen LogP contribution in [0.25, 0.3) is 11.5 Å². The van der Waals surface area contributed by atoms with Gasteiger partial charge in [0.05, 0.1) is 25.3 Å². The van der Waals surface area contributed by atoms with E-state index < -0.39 is 5.12 Å². The number of thioether (sulfide) groups is 1. The number of rotatable bonds is 5. The second kappa shape index (κ2) is 7.27. The van der Waals surface area contributed by atoms with E-state index in [9.17, 15) is 9.90 Å². The minimum atomic E-state index is -0.421.